The Kier molecular flexibility index (Phi) is 114. The van der Waals surface area contributed by atoms with E-state index in [1.807, 2.05) is 53.8 Å². The van der Waals surface area contributed by atoms with Crippen molar-refractivity contribution in [1.82, 2.24) is 5.32 Å². The molecule has 0 rings (SSSR count). The summed E-state index contributed by atoms with van der Waals surface area (Å²) in [5.41, 5.74) is 0. The fraction of sp³-hybridized carbons (Fsp3) is 0.667. The summed E-state index contributed by atoms with van der Waals surface area (Å²) in [6.07, 6.45) is 5.66. The average molecular weight is 187 g/mol. The van der Waals surface area contributed by atoms with Crippen molar-refractivity contribution in [3.8, 4) is 0 Å². The second kappa shape index (κ2) is 65.1. The molecule has 1 nitrogen and oxygen atoms in total. The molecular formula is C12H29N. The van der Waals surface area contributed by atoms with Crippen LogP contribution >= 0.6 is 0 Å². The molecule has 0 saturated heterocycles. The Morgan fingerprint density at radius 2 is 1.38 bits per heavy atom. The molecule has 13 heavy (non-hydrogen) atoms. The molecule has 1 N–H and O–H groups in total. The predicted molar refractivity (Wildman–Crippen MR) is 67.1 cm³/mol. The van der Waals surface area contributed by atoms with Gasteiger partial charge in [-0.15, -0.1) is 6.58 Å². The lowest BCUT2D eigenvalue weighted by molar-refractivity contribution is 0.917. The maximum absolute atomic E-state index is 3.36. The summed E-state index contributed by atoms with van der Waals surface area (Å²) in [5.74, 6) is 0. The summed E-state index contributed by atoms with van der Waals surface area (Å²) in [5, 5.41) is 3.02. The van der Waals surface area contributed by atoms with Gasteiger partial charge in [0.25, 0.3) is 0 Å². The lowest BCUT2D eigenvalue weighted by Crippen LogP contribution is -2.00. The molecule has 0 aliphatic heterocycles. The molecule has 82 valence electrons. The molecule has 0 unspecified atom stereocenters. The first-order valence-electron chi connectivity index (χ1n) is 5.25. The largest absolute Gasteiger partial charge is 0.391 e. The molecule has 1 heteroatoms. The van der Waals surface area contributed by atoms with Crippen molar-refractivity contribution in [2.45, 2.75) is 48.5 Å². The molecule has 0 spiro atoms. The second-order valence-corrected chi connectivity index (χ2v) is 1.47. The smallest absolute Gasteiger partial charge is 0.0112 e. The van der Waals surface area contributed by atoms with Crippen LogP contribution in [0.3, 0.4) is 0 Å². The highest BCUT2D eigenvalue weighted by atomic mass is 14.8. The standard InChI is InChI=1S/C5H11N.C3H6.2C2H6/c1-3-5-6-4-2;1-3-2;2*1-2/h3,5-6H,4H2,1-2H3;3H,1H2,2H3;2*1-2H3/b5-3-;;;. The Labute approximate surface area is 85.9 Å². The number of rotatable bonds is 2. The number of allylic oxidation sites excluding steroid dienone is 2. The van der Waals surface area contributed by atoms with Gasteiger partial charge in [0.1, 0.15) is 0 Å². The Morgan fingerprint density at radius 3 is 1.46 bits per heavy atom. The van der Waals surface area contributed by atoms with Gasteiger partial charge in [0.15, 0.2) is 0 Å². The van der Waals surface area contributed by atoms with Gasteiger partial charge >= 0.3 is 0 Å². The Balaban J connectivity index is -0.0000000493. The molecule has 0 saturated carbocycles. The lowest BCUT2D eigenvalue weighted by atomic mass is 10.6. The minimum atomic E-state index is 1.02. The first-order chi connectivity index (χ1) is 6.33. The van der Waals surface area contributed by atoms with Gasteiger partial charge in [-0.2, -0.15) is 0 Å². The van der Waals surface area contributed by atoms with Crippen molar-refractivity contribution >= 4 is 0 Å². The van der Waals surface area contributed by atoms with Gasteiger partial charge in [0.2, 0.25) is 0 Å². The first-order valence-corrected chi connectivity index (χ1v) is 5.25. The van der Waals surface area contributed by atoms with Gasteiger partial charge in [-0.3, -0.25) is 0 Å². The van der Waals surface area contributed by atoms with Crippen LogP contribution in [0.1, 0.15) is 48.5 Å². The summed E-state index contributed by atoms with van der Waals surface area (Å²) in [6.45, 7) is 18.3. The van der Waals surface area contributed by atoms with Gasteiger partial charge in [0.05, 0.1) is 0 Å². The SMILES string of the molecule is C/C=C\NCC.C=CC.CC.CC. The summed E-state index contributed by atoms with van der Waals surface area (Å²) < 4.78 is 0. The van der Waals surface area contributed by atoms with Crippen LogP contribution in [0.15, 0.2) is 24.9 Å². The molecule has 0 aromatic heterocycles. The van der Waals surface area contributed by atoms with Gasteiger partial charge < -0.3 is 5.32 Å². The van der Waals surface area contributed by atoms with Crippen LogP contribution in [-0.2, 0) is 0 Å². The third-order valence-corrected chi connectivity index (χ3v) is 0.489. The van der Waals surface area contributed by atoms with Crippen LogP contribution < -0.4 is 5.32 Å². The van der Waals surface area contributed by atoms with E-state index < -0.39 is 0 Å². The molecule has 0 amide bonds. The van der Waals surface area contributed by atoms with E-state index in [2.05, 4.69) is 18.8 Å². The van der Waals surface area contributed by atoms with Crippen molar-refractivity contribution in [2.24, 2.45) is 0 Å². The van der Waals surface area contributed by atoms with Gasteiger partial charge in [-0.1, -0.05) is 39.8 Å². The maximum atomic E-state index is 3.36. The highest BCUT2D eigenvalue weighted by molar-refractivity contribution is 4.72. The Hall–Kier alpha value is -0.720. The zero-order valence-corrected chi connectivity index (χ0v) is 10.6. The minimum absolute atomic E-state index is 1.02. The molecule has 0 atom stereocenters. The highest BCUT2D eigenvalue weighted by Gasteiger charge is 1.58. The van der Waals surface area contributed by atoms with Crippen LogP contribution in [-0.4, -0.2) is 6.54 Å². The highest BCUT2D eigenvalue weighted by Crippen LogP contribution is 1.58. The molecule has 0 heterocycles. The van der Waals surface area contributed by atoms with Crippen molar-refractivity contribution in [1.29, 1.82) is 0 Å². The van der Waals surface area contributed by atoms with Crippen LogP contribution in [0.2, 0.25) is 0 Å². The van der Waals surface area contributed by atoms with E-state index in [4.69, 9.17) is 0 Å². The van der Waals surface area contributed by atoms with E-state index in [-0.39, 0.29) is 0 Å². The zero-order valence-electron chi connectivity index (χ0n) is 10.6. The predicted octanol–water partition coefficient (Wildman–Crippen LogP) is 4.37. The van der Waals surface area contributed by atoms with E-state index in [0.29, 0.717) is 0 Å². The molecule has 0 bridgehead atoms. The molecular weight excluding hydrogens is 158 g/mol. The van der Waals surface area contributed by atoms with Crippen molar-refractivity contribution < 1.29 is 0 Å². The monoisotopic (exact) mass is 187 g/mol. The quantitative estimate of drug-likeness (QED) is 0.633. The van der Waals surface area contributed by atoms with Gasteiger partial charge in [0, 0.05) is 6.54 Å². The van der Waals surface area contributed by atoms with E-state index in [1.165, 1.54) is 0 Å². The Morgan fingerprint density at radius 1 is 1.08 bits per heavy atom. The zero-order chi connectivity index (χ0) is 11.5. The van der Waals surface area contributed by atoms with E-state index in [0.717, 1.165) is 6.54 Å². The van der Waals surface area contributed by atoms with Crippen LogP contribution in [0.4, 0.5) is 0 Å². The van der Waals surface area contributed by atoms with Gasteiger partial charge in [-0.05, 0) is 27.0 Å². The summed E-state index contributed by atoms with van der Waals surface area (Å²) in [6, 6.07) is 0. The van der Waals surface area contributed by atoms with Crippen LogP contribution in [0.5, 0.6) is 0 Å². The number of hydrogen-bond acceptors (Lipinski definition) is 1. The van der Waals surface area contributed by atoms with Crippen LogP contribution in [0.25, 0.3) is 0 Å². The molecule has 0 aromatic carbocycles. The molecule has 0 aromatic rings. The van der Waals surface area contributed by atoms with E-state index >= 15 is 0 Å². The third-order valence-electron chi connectivity index (χ3n) is 0.489. The first kappa shape index (κ1) is 22.8. The fourth-order valence-electron chi connectivity index (χ4n) is 0.236. The van der Waals surface area contributed by atoms with Crippen molar-refractivity contribution in [3.05, 3.63) is 24.9 Å². The maximum Gasteiger partial charge on any atom is 0.0112 e. The second-order valence-electron chi connectivity index (χ2n) is 1.47. The molecule has 0 fully saturated rings. The topological polar surface area (TPSA) is 12.0 Å². The number of hydrogen-bond donors (Lipinski definition) is 1. The molecule has 0 aliphatic carbocycles. The van der Waals surface area contributed by atoms with E-state index in [9.17, 15) is 0 Å². The summed E-state index contributed by atoms with van der Waals surface area (Å²) in [7, 11) is 0. The third kappa shape index (κ3) is 187. The normalized spacial score (nSPS) is 6.38. The van der Waals surface area contributed by atoms with Crippen LogP contribution in [0, 0.1) is 0 Å². The minimum Gasteiger partial charge on any atom is -0.391 e. The van der Waals surface area contributed by atoms with Crippen molar-refractivity contribution in [2.75, 3.05) is 6.54 Å². The fourth-order valence-corrected chi connectivity index (χ4v) is 0.236. The van der Waals surface area contributed by atoms with E-state index in [1.54, 1.807) is 6.08 Å². The Bertz CT molecular complexity index is 65.5. The summed E-state index contributed by atoms with van der Waals surface area (Å²) >= 11 is 0. The molecule has 0 aliphatic rings. The van der Waals surface area contributed by atoms with Gasteiger partial charge in [-0.25, -0.2) is 0 Å². The number of nitrogens with one attached hydrogen (secondary N) is 1. The summed E-state index contributed by atoms with van der Waals surface area (Å²) in [4.78, 5) is 0. The van der Waals surface area contributed by atoms with Crippen molar-refractivity contribution in [3.63, 3.8) is 0 Å². The lowest BCUT2D eigenvalue weighted by Gasteiger charge is -1.85. The average Bonchev–Trinajstić information content (AvgIpc) is 2.22. The molecule has 0 radical (unpaired) electrons.